The minimum Gasteiger partial charge on any atom is -0.507 e. The van der Waals surface area contributed by atoms with Crippen LogP contribution in [0.5, 0.6) is 5.75 Å². The lowest BCUT2D eigenvalue weighted by Crippen LogP contribution is -2.15. The van der Waals surface area contributed by atoms with E-state index in [4.69, 9.17) is 16.3 Å². The van der Waals surface area contributed by atoms with Crippen molar-refractivity contribution in [3.63, 3.8) is 0 Å². The minimum absolute atomic E-state index is 0.0717. The zero-order valence-corrected chi connectivity index (χ0v) is 17.1. The number of thiophene rings is 1. The monoisotopic (exact) mass is 451 g/mol. The Morgan fingerprint density at radius 1 is 1.10 bits per heavy atom. The van der Waals surface area contributed by atoms with Crippen molar-refractivity contribution in [1.29, 1.82) is 0 Å². The molecule has 0 fully saturated rings. The molecule has 29 heavy (non-hydrogen) atoms. The molecule has 7 nitrogen and oxygen atoms in total. The van der Waals surface area contributed by atoms with Gasteiger partial charge in [0, 0.05) is 16.7 Å². The second-order valence-corrected chi connectivity index (χ2v) is 9.07. The highest BCUT2D eigenvalue weighted by molar-refractivity contribution is 7.94. The number of hydrogen-bond donors (Lipinski definition) is 2. The first kappa shape index (κ1) is 20.8. The fourth-order valence-corrected chi connectivity index (χ4v) is 4.58. The average molecular weight is 452 g/mol. The largest absolute Gasteiger partial charge is 0.507 e. The minimum atomic E-state index is -3.79. The number of phenolic OH excluding ortho intramolecular Hbond substituents is 1. The molecule has 0 aliphatic heterocycles. The highest BCUT2D eigenvalue weighted by Gasteiger charge is 2.19. The Kier molecular flexibility index (Phi) is 6.21. The molecule has 0 aliphatic carbocycles. The van der Waals surface area contributed by atoms with Gasteiger partial charge < -0.3 is 9.84 Å². The molecule has 2 aromatic carbocycles. The molecule has 1 heterocycles. The summed E-state index contributed by atoms with van der Waals surface area (Å²) < 4.78 is 31.8. The van der Waals surface area contributed by atoms with E-state index in [1.54, 1.807) is 23.6 Å². The van der Waals surface area contributed by atoms with E-state index in [-0.39, 0.29) is 21.0 Å². The van der Waals surface area contributed by atoms with Gasteiger partial charge >= 0.3 is 5.97 Å². The average Bonchev–Trinajstić information content (AvgIpc) is 3.21. The number of carbonyl (C=O) groups is 2. The SMILES string of the molecule is O=C(COC(=O)c1ccc(NS(=O)(=O)c2cccs2)cc1O)c1cccc(Cl)c1. The van der Waals surface area contributed by atoms with Gasteiger partial charge in [0.1, 0.15) is 15.5 Å². The van der Waals surface area contributed by atoms with Crippen LogP contribution in [0.2, 0.25) is 5.02 Å². The molecule has 3 rings (SSSR count). The maximum atomic E-state index is 12.2. The van der Waals surface area contributed by atoms with E-state index < -0.39 is 34.1 Å². The highest BCUT2D eigenvalue weighted by atomic mass is 35.5. The van der Waals surface area contributed by atoms with Gasteiger partial charge in [-0.3, -0.25) is 9.52 Å². The third-order valence-corrected chi connectivity index (χ3v) is 6.72. The molecule has 0 saturated carbocycles. The van der Waals surface area contributed by atoms with Gasteiger partial charge in [0.2, 0.25) is 0 Å². The molecule has 1 aromatic heterocycles. The van der Waals surface area contributed by atoms with Crippen molar-refractivity contribution in [2.24, 2.45) is 0 Å². The predicted molar refractivity (Wildman–Crippen MR) is 109 cm³/mol. The number of anilines is 1. The van der Waals surface area contributed by atoms with Crippen molar-refractivity contribution in [2.75, 3.05) is 11.3 Å². The summed E-state index contributed by atoms with van der Waals surface area (Å²) in [7, 11) is -3.79. The molecule has 0 spiro atoms. The first-order chi connectivity index (χ1) is 13.8. The first-order valence-corrected chi connectivity index (χ1v) is 10.9. The van der Waals surface area contributed by atoms with Gasteiger partial charge in [0.15, 0.2) is 12.4 Å². The maximum absolute atomic E-state index is 12.2. The summed E-state index contributed by atoms with van der Waals surface area (Å²) in [5.74, 6) is -1.87. The molecule has 0 unspecified atom stereocenters. The van der Waals surface area contributed by atoms with E-state index in [9.17, 15) is 23.1 Å². The van der Waals surface area contributed by atoms with Crippen LogP contribution in [-0.2, 0) is 14.8 Å². The van der Waals surface area contributed by atoms with E-state index in [2.05, 4.69) is 4.72 Å². The van der Waals surface area contributed by atoms with Gasteiger partial charge in [-0.2, -0.15) is 0 Å². The third kappa shape index (κ3) is 5.14. The van der Waals surface area contributed by atoms with Gasteiger partial charge in [-0.1, -0.05) is 29.8 Å². The van der Waals surface area contributed by atoms with E-state index in [0.29, 0.717) is 5.02 Å². The number of nitrogens with one attached hydrogen (secondary N) is 1. The van der Waals surface area contributed by atoms with E-state index >= 15 is 0 Å². The maximum Gasteiger partial charge on any atom is 0.342 e. The molecule has 0 radical (unpaired) electrons. The Bertz CT molecular complexity index is 1160. The van der Waals surface area contributed by atoms with Gasteiger partial charge in [0.25, 0.3) is 10.0 Å². The van der Waals surface area contributed by atoms with Crippen LogP contribution in [0.3, 0.4) is 0 Å². The van der Waals surface area contributed by atoms with Crippen LogP contribution in [0.4, 0.5) is 5.69 Å². The fourth-order valence-electron chi connectivity index (χ4n) is 2.34. The normalized spacial score (nSPS) is 11.1. The van der Waals surface area contributed by atoms with Gasteiger partial charge in [-0.15, -0.1) is 11.3 Å². The van der Waals surface area contributed by atoms with Crippen molar-refractivity contribution >= 4 is 50.4 Å². The molecular formula is C19H14ClNO6S2. The lowest BCUT2D eigenvalue weighted by Gasteiger charge is -2.09. The second-order valence-electron chi connectivity index (χ2n) is 5.78. The van der Waals surface area contributed by atoms with Crippen molar-refractivity contribution in [3.8, 4) is 5.75 Å². The number of carbonyl (C=O) groups excluding carboxylic acids is 2. The van der Waals surface area contributed by atoms with Crippen LogP contribution in [0.25, 0.3) is 0 Å². The van der Waals surface area contributed by atoms with Crippen molar-refractivity contribution in [2.45, 2.75) is 4.21 Å². The van der Waals surface area contributed by atoms with E-state index in [0.717, 1.165) is 17.4 Å². The summed E-state index contributed by atoms with van der Waals surface area (Å²) in [5, 5.41) is 12.1. The summed E-state index contributed by atoms with van der Waals surface area (Å²) >= 11 is 6.86. The smallest absolute Gasteiger partial charge is 0.342 e. The van der Waals surface area contributed by atoms with Gasteiger partial charge in [-0.25, -0.2) is 13.2 Å². The Hall–Kier alpha value is -2.88. The number of hydrogen-bond acceptors (Lipinski definition) is 7. The number of rotatable bonds is 7. The number of benzene rings is 2. The molecular weight excluding hydrogens is 438 g/mol. The summed E-state index contributed by atoms with van der Waals surface area (Å²) in [6, 6.07) is 12.8. The number of ether oxygens (including phenoxy) is 1. The van der Waals surface area contributed by atoms with Crippen LogP contribution < -0.4 is 4.72 Å². The number of ketones is 1. The van der Waals surface area contributed by atoms with E-state index in [1.807, 2.05) is 0 Å². The number of esters is 1. The fraction of sp³-hybridized carbons (Fsp3) is 0.0526. The summed E-state index contributed by atoms with van der Waals surface area (Å²) in [4.78, 5) is 24.2. The quantitative estimate of drug-likeness (QED) is 0.415. The summed E-state index contributed by atoms with van der Waals surface area (Å²) in [5.41, 5.74) is 0.151. The van der Waals surface area contributed by atoms with Crippen molar-refractivity contribution in [3.05, 3.63) is 76.1 Å². The van der Waals surface area contributed by atoms with Crippen LogP contribution in [0, 0.1) is 0 Å². The molecule has 3 aromatic rings. The zero-order chi connectivity index (χ0) is 21.0. The zero-order valence-electron chi connectivity index (χ0n) is 14.7. The number of aromatic hydroxyl groups is 1. The molecule has 0 atom stereocenters. The summed E-state index contributed by atoms with van der Waals surface area (Å²) in [6.07, 6.45) is 0. The molecule has 0 saturated heterocycles. The first-order valence-electron chi connectivity index (χ1n) is 8.11. The predicted octanol–water partition coefficient (Wildman–Crippen LogP) is 3.95. The topological polar surface area (TPSA) is 110 Å². The molecule has 2 N–H and O–H groups in total. The lowest BCUT2D eigenvalue weighted by atomic mass is 10.1. The second kappa shape index (κ2) is 8.64. The van der Waals surface area contributed by atoms with Crippen LogP contribution in [0.15, 0.2) is 64.2 Å². The Labute approximate surface area is 175 Å². The van der Waals surface area contributed by atoms with E-state index in [1.165, 1.54) is 30.3 Å². The van der Waals surface area contributed by atoms with Gasteiger partial charge in [0.05, 0.1) is 5.69 Å². The Balaban J connectivity index is 1.66. The third-order valence-electron chi connectivity index (χ3n) is 3.71. The number of Topliss-reactive ketones (excluding diaryl/α,β-unsaturated/α-hetero) is 1. The summed E-state index contributed by atoms with van der Waals surface area (Å²) in [6.45, 7) is -0.536. The number of phenols is 1. The standard InChI is InChI=1S/C19H14ClNO6S2/c20-13-4-1-3-12(9-13)17(23)11-27-19(24)15-7-6-14(10-16(15)22)21-29(25,26)18-5-2-8-28-18/h1-10,21-22H,11H2. The molecule has 150 valence electrons. The Morgan fingerprint density at radius 3 is 2.55 bits per heavy atom. The van der Waals surface area contributed by atoms with Crippen LogP contribution in [-0.4, -0.2) is 31.9 Å². The van der Waals surface area contributed by atoms with Crippen molar-refractivity contribution in [1.82, 2.24) is 0 Å². The number of sulfonamides is 1. The molecule has 0 bridgehead atoms. The highest BCUT2D eigenvalue weighted by Crippen LogP contribution is 2.26. The van der Waals surface area contributed by atoms with Gasteiger partial charge in [-0.05, 0) is 35.7 Å². The molecule has 0 amide bonds. The number of halogens is 1. The Morgan fingerprint density at radius 2 is 1.90 bits per heavy atom. The lowest BCUT2D eigenvalue weighted by molar-refractivity contribution is 0.0472. The molecule has 10 heteroatoms. The van der Waals surface area contributed by atoms with Crippen LogP contribution in [0.1, 0.15) is 20.7 Å². The molecule has 0 aliphatic rings. The van der Waals surface area contributed by atoms with Crippen LogP contribution >= 0.6 is 22.9 Å². The van der Waals surface area contributed by atoms with Crippen molar-refractivity contribution < 1.29 is 27.9 Å².